The van der Waals surface area contributed by atoms with Gasteiger partial charge in [0.1, 0.15) is 11.6 Å². The van der Waals surface area contributed by atoms with E-state index < -0.39 is 35.6 Å². The van der Waals surface area contributed by atoms with E-state index in [0.717, 1.165) is 19.3 Å². The zero-order valence-corrected chi connectivity index (χ0v) is 25.2. The second-order valence-electron chi connectivity index (χ2n) is 11.4. The van der Waals surface area contributed by atoms with Crippen molar-refractivity contribution in [3.63, 3.8) is 0 Å². The van der Waals surface area contributed by atoms with Gasteiger partial charge in [-0.1, -0.05) is 62.2 Å². The van der Waals surface area contributed by atoms with Crippen LogP contribution in [0.4, 0.5) is 0 Å². The molecule has 0 aromatic rings. The average molecular weight is 597 g/mol. The molecule has 0 saturated carbocycles. The molecule has 8 nitrogen and oxygen atoms in total. The van der Waals surface area contributed by atoms with Gasteiger partial charge in [0.25, 0.3) is 0 Å². The molecule has 3 aliphatic rings. The first-order chi connectivity index (χ1) is 18.1. The van der Waals surface area contributed by atoms with Crippen molar-refractivity contribution in [3.05, 3.63) is 25.3 Å². The van der Waals surface area contributed by atoms with Gasteiger partial charge in [-0.05, 0) is 32.1 Å². The predicted molar refractivity (Wildman–Crippen MR) is 152 cm³/mol. The molecule has 3 fully saturated rings. The molecule has 1 spiro atoms. The van der Waals surface area contributed by atoms with Gasteiger partial charge in [0, 0.05) is 30.5 Å². The highest BCUT2D eigenvalue weighted by Crippen LogP contribution is 2.61. The third-order valence-corrected chi connectivity index (χ3v) is 9.41. The van der Waals surface area contributed by atoms with Crippen LogP contribution < -0.4 is 0 Å². The van der Waals surface area contributed by atoms with Crippen LogP contribution in [0.3, 0.4) is 0 Å². The Hall–Kier alpha value is -1.71. The van der Waals surface area contributed by atoms with E-state index >= 15 is 0 Å². The van der Waals surface area contributed by atoms with E-state index in [1.54, 1.807) is 26.9 Å². The minimum absolute atomic E-state index is 0.0621. The van der Waals surface area contributed by atoms with E-state index in [0.29, 0.717) is 26.1 Å². The Bertz CT molecular complexity index is 913. The van der Waals surface area contributed by atoms with Crippen LogP contribution in [0.1, 0.15) is 60.3 Å². The zero-order chi connectivity index (χ0) is 28.4. The number of rotatable bonds is 14. The highest BCUT2D eigenvalue weighted by molar-refractivity contribution is 9.09. The summed E-state index contributed by atoms with van der Waals surface area (Å²) in [5.41, 5.74) is -1.15. The number of carbonyl (C=O) groups is 3. The van der Waals surface area contributed by atoms with Crippen LogP contribution in [0.5, 0.6) is 0 Å². The quantitative estimate of drug-likeness (QED) is 0.245. The van der Waals surface area contributed by atoms with Crippen molar-refractivity contribution in [1.82, 2.24) is 14.7 Å². The Morgan fingerprint density at radius 3 is 2.37 bits per heavy atom. The first-order valence-electron chi connectivity index (χ1n) is 14.1. The largest absolute Gasteiger partial charge is 0.394 e. The number of halogens is 1. The SMILES string of the molecule is C=CCN(CCC)C(=O)[C@H]1[C@@H]2OC3(CC2Br)C(C(=O)N(CC=C)C(C)CCC)N([C@@H](CO)C(C)C)C(=O)[C@H]13. The normalized spacial score (nSPS) is 31.3. The van der Waals surface area contributed by atoms with Gasteiger partial charge in [-0.25, -0.2) is 0 Å². The zero-order valence-electron chi connectivity index (χ0n) is 23.6. The number of fused-ring (bicyclic) bond motifs is 1. The van der Waals surface area contributed by atoms with Crippen molar-refractivity contribution in [2.75, 3.05) is 26.2 Å². The van der Waals surface area contributed by atoms with Crippen molar-refractivity contribution in [3.8, 4) is 0 Å². The molecule has 3 heterocycles. The highest BCUT2D eigenvalue weighted by Gasteiger charge is 2.77. The van der Waals surface area contributed by atoms with Crippen LogP contribution in [0.15, 0.2) is 25.3 Å². The van der Waals surface area contributed by atoms with Gasteiger partial charge in [-0.15, -0.1) is 13.2 Å². The van der Waals surface area contributed by atoms with Crippen molar-refractivity contribution < 1.29 is 24.2 Å². The van der Waals surface area contributed by atoms with E-state index in [-0.39, 0.29) is 41.1 Å². The third kappa shape index (κ3) is 5.10. The van der Waals surface area contributed by atoms with Gasteiger partial charge in [-0.3, -0.25) is 14.4 Å². The minimum atomic E-state index is -1.15. The first-order valence-corrected chi connectivity index (χ1v) is 15.0. The number of carbonyl (C=O) groups excluding carboxylic acids is 3. The van der Waals surface area contributed by atoms with Crippen LogP contribution in [0.25, 0.3) is 0 Å². The van der Waals surface area contributed by atoms with Gasteiger partial charge in [0.15, 0.2) is 0 Å². The van der Waals surface area contributed by atoms with Gasteiger partial charge < -0.3 is 24.5 Å². The molecule has 3 saturated heterocycles. The lowest BCUT2D eigenvalue weighted by Gasteiger charge is -2.42. The summed E-state index contributed by atoms with van der Waals surface area (Å²) in [6, 6.07) is -1.57. The lowest BCUT2D eigenvalue weighted by molar-refractivity contribution is -0.154. The molecular formula is C29H46BrN3O5. The predicted octanol–water partition coefficient (Wildman–Crippen LogP) is 3.38. The molecule has 1 N–H and O–H groups in total. The lowest BCUT2D eigenvalue weighted by atomic mass is 9.70. The topological polar surface area (TPSA) is 90.4 Å². The molecule has 0 aliphatic carbocycles. The molecule has 8 atom stereocenters. The van der Waals surface area contributed by atoms with Crippen LogP contribution in [0, 0.1) is 17.8 Å². The maximum Gasteiger partial charge on any atom is 0.248 e. The molecule has 2 bridgehead atoms. The first kappa shape index (κ1) is 30.8. The van der Waals surface area contributed by atoms with E-state index in [1.165, 1.54) is 0 Å². The fourth-order valence-electron chi connectivity index (χ4n) is 6.89. The molecule has 214 valence electrons. The second-order valence-corrected chi connectivity index (χ2v) is 12.6. The van der Waals surface area contributed by atoms with Crippen molar-refractivity contribution in [2.24, 2.45) is 17.8 Å². The van der Waals surface area contributed by atoms with Crippen molar-refractivity contribution >= 4 is 33.7 Å². The minimum Gasteiger partial charge on any atom is -0.394 e. The summed E-state index contributed by atoms with van der Waals surface area (Å²) in [4.78, 5) is 47.8. The summed E-state index contributed by atoms with van der Waals surface area (Å²) >= 11 is 3.75. The number of aliphatic hydroxyl groups is 1. The number of likely N-dealkylation sites (tertiary alicyclic amines) is 1. The Morgan fingerprint density at radius 1 is 1.18 bits per heavy atom. The number of alkyl halides is 1. The Labute approximate surface area is 236 Å². The van der Waals surface area contributed by atoms with E-state index in [1.807, 2.05) is 27.7 Å². The van der Waals surface area contributed by atoms with Crippen LogP contribution >= 0.6 is 15.9 Å². The summed E-state index contributed by atoms with van der Waals surface area (Å²) < 4.78 is 6.68. The smallest absolute Gasteiger partial charge is 0.248 e. The molecular weight excluding hydrogens is 550 g/mol. The summed E-state index contributed by atoms with van der Waals surface area (Å²) in [5.74, 6) is -2.20. The molecule has 38 heavy (non-hydrogen) atoms. The number of hydrogen-bond acceptors (Lipinski definition) is 5. The number of hydrogen-bond donors (Lipinski definition) is 1. The highest BCUT2D eigenvalue weighted by atomic mass is 79.9. The average Bonchev–Trinajstić information content (AvgIpc) is 3.45. The maximum atomic E-state index is 14.5. The Kier molecular flexibility index (Phi) is 10.3. The number of ether oxygens (including phenoxy) is 1. The number of nitrogens with zero attached hydrogens (tertiary/aromatic N) is 3. The molecule has 0 aromatic heterocycles. The van der Waals surface area contributed by atoms with E-state index in [4.69, 9.17) is 4.74 Å². The monoisotopic (exact) mass is 595 g/mol. The van der Waals surface area contributed by atoms with Crippen molar-refractivity contribution in [1.29, 1.82) is 0 Å². The number of amides is 3. The summed E-state index contributed by atoms with van der Waals surface area (Å²) in [6.07, 6.45) is 5.83. The van der Waals surface area contributed by atoms with Crippen LogP contribution in [-0.2, 0) is 19.1 Å². The van der Waals surface area contributed by atoms with Crippen molar-refractivity contribution in [2.45, 2.75) is 95.0 Å². The Balaban J connectivity index is 2.15. The Morgan fingerprint density at radius 2 is 1.84 bits per heavy atom. The van der Waals surface area contributed by atoms with Gasteiger partial charge in [-0.2, -0.15) is 0 Å². The molecule has 3 rings (SSSR count). The van der Waals surface area contributed by atoms with Gasteiger partial charge in [0.05, 0.1) is 30.6 Å². The summed E-state index contributed by atoms with van der Waals surface area (Å²) in [5, 5.41) is 10.4. The standard InChI is InChI=1S/C29H46BrN3O5/c1-8-12-19(7)32(15-11-4)28(37)25-29-16-20(30)24(38-29)22(26(35)31(13-9-2)14-10-3)23(29)27(36)33(25)21(17-34)18(5)6/h9,11,18-25,34H,2,4,8,10,12-17H2,1,3,5-7H3/t19?,20?,21-,22+,23-,24+,25?,29?/m0/s1. The van der Waals surface area contributed by atoms with E-state index in [2.05, 4.69) is 36.0 Å². The van der Waals surface area contributed by atoms with Gasteiger partial charge >= 0.3 is 0 Å². The summed E-state index contributed by atoms with van der Waals surface area (Å²) in [7, 11) is 0. The molecule has 4 unspecified atom stereocenters. The van der Waals surface area contributed by atoms with Crippen LogP contribution in [-0.4, -0.2) is 98.4 Å². The molecule has 0 radical (unpaired) electrons. The second kappa shape index (κ2) is 12.6. The van der Waals surface area contributed by atoms with Gasteiger partial charge in [0.2, 0.25) is 17.7 Å². The van der Waals surface area contributed by atoms with E-state index in [9.17, 15) is 19.5 Å². The van der Waals surface area contributed by atoms with Crippen LogP contribution in [0.2, 0.25) is 0 Å². The molecule has 3 aliphatic heterocycles. The third-order valence-electron chi connectivity index (χ3n) is 8.56. The molecule has 0 aromatic carbocycles. The fourth-order valence-corrected chi connectivity index (χ4v) is 7.83. The molecule has 9 heteroatoms. The fraction of sp³-hybridized carbons (Fsp3) is 0.759. The molecule has 3 amide bonds. The number of aliphatic hydroxyl groups excluding tert-OH is 1. The summed E-state index contributed by atoms with van der Waals surface area (Å²) in [6.45, 7) is 18.6. The lowest BCUT2D eigenvalue weighted by Crippen LogP contribution is -2.61. The maximum absolute atomic E-state index is 14.5.